The van der Waals surface area contributed by atoms with E-state index in [-0.39, 0.29) is 40.0 Å². The Bertz CT molecular complexity index is 853. The van der Waals surface area contributed by atoms with Crippen LogP contribution >= 0.6 is 0 Å². The van der Waals surface area contributed by atoms with Crippen LogP contribution in [0.5, 0.6) is 0 Å². The molecule has 0 fully saturated rings. The summed E-state index contributed by atoms with van der Waals surface area (Å²) < 4.78 is 14.0. The Kier molecular flexibility index (Phi) is 15.2. The number of aliphatic carboxylic acids is 1. The monoisotopic (exact) mass is 594 g/mol. The van der Waals surface area contributed by atoms with E-state index in [9.17, 15) is 9.90 Å². The molecule has 0 bridgehead atoms. The van der Waals surface area contributed by atoms with E-state index in [1.165, 1.54) is 5.57 Å². The lowest BCUT2D eigenvalue weighted by atomic mass is 9.74. The van der Waals surface area contributed by atoms with Crippen LogP contribution in [0.25, 0.3) is 0 Å². The van der Waals surface area contributed by atoms with Gasteiger partial charge in [0.15, 0.2) is 16.6 Å². The highest BCUT2D eigenvalue weighted by Gasteiger charge is 2.46. The fourth-order valence-electron chi connectivity index (χ4n) is 4.93. The molecule has 40 heavy (non-hydrogen) atoms. The SMILES string of the molecule is C#CCC/C=C(/C)CCC[C@H](C)[C@H](O[Si](C)(C)C(C)(C)C)[C@H](C)CC(C)(C)[C@H](CC(=O)O)O[Si](C)(C)C(C)(C)C. The Labute approximate surface area is 251 Å². The van der Waals surface area contributed by atoms with Crippen molar-refractivity contribution in [2.45, 2.75) is 170 Å². The highest BCUT2D eigenvalue weighted by molar-refractivity contribution is 6.74. The molecule has 0 heterocycles. The van der Waals surface area contributed by atoms with E-state index in [0.717, 1.165) is 38.5 Å². The van der Waals surface area contributed by atoms with Gasteiger partial charge in [-0.3, -0.25) is 4.79 Å². The van der Waals surface area contributed by atoms with Gasteiger partial charge in [-0.15, -0.1) is 12.3 Å². The molecule has 0 saturated carbocycles. The minimum absolute atomic E-state index is 0.0152. The third-order valence-electron chi connectivity index (χ3n) is 9.69. The second kappa shape index (κ2) is 15.6. The summed E-state index contributed by atoms with van der Waals surface area (Å²) in [6, 6.07) is 0. The van der Waals surface area contributed by atoms with Gasteiger partial charge in [0.2, 0.25) is 0 Å². The summed E-state index contributed by atoms with van der Waals surface area (Å²) in [5.74, 6) is 2.59. The Balaban J connectivity index is 6.01. The molecule has 0 unspecified atom stereocenters. The van der Waals surface area contributed by atoms with Crippen LogP contribution in [0.1, 0.15) is 121 Å². The van der Waals surface area contributed by atoms with Crippen molar-refractivity contribution in [1.82, 2.24) is 0 Å². The van der Waals surface area contributed by atoms with Crippen molar-refractivity contribution >= 4 is 22.6 Å². The summed E-state index contributed by atoms with van der Waals surface area (Å²) in [6.07, 6.45) is 13.4. The summed E-state index contributed by atoms with van der Waals surface area (Å²) in [6.45, 7) is 33.9. The minimum Gasteiger partial charge on any atom is -0.481 e. The maximum atomic E-state index is 12.0. The average molecular weight is 595 g/mol. The zero-order chi connectivity index (χ0) is 31.7. The second-order valence-electron chi connectivity index (χ2n) is 16.1. The number of carboxylic acids is 1. The van der Waals surface area contributed by atoms with Crippen LogP contribution in [0.4, 0.5) is 0 Å². The summed E-state index contributed by atoms with van der Waals surface area (Å²) in [4.78, 5) is 12.0. The van der Waals surface area contributed by atoms with E-state index < -0.39 is 22.6 Å². The first-order chi connectivity index (χ1) is 17.9. The topological polar surface area (TPSA) is 55.8 Å². The van der Waals surface area contributed by atoms with Crippen LogP contribution in [-0.4, -0.2) is 39.9 Å². The van der Waals surface area contributed by atoms with Crippen molar-refractivity contribution in [2.24, 2.45) is 17.3 Å². The minimum atomic E-state index is -2.15. The third kappa shape index (κ3) is 13.0. The number of hydrogen-bond donors (Lipinski definition) is 1. The summed E-state index contributed by atoms with van der Waals surface area (Å²) in [5, 5.41) is 9.97. The quantitative estimate of drug-likeness (QED) is 0.0787. The van der Waals surface area contributed by atoms with E-state index >= 15 is 0 Å². The van der Waals surface area contributed by atoms with Crippen LogP contribution in [0.15, 0.2) is 11.6 Å². The van der Waals surface area contributed by atoms with Gasteiger partial charge in [-0.25, -0.2) is 0 Å². The second-order valence-corrected chi connectivity index (χ2v) is 25.7. The predicted molar refractivity (Wildman–Crippen MR) is 179 cm³/mol. The first-order valence-electron chi connectivity index (χ1n) is 15.5. The van der Waals surface area contributed by atoms with Gasteiger partial charge in [0.1, 0.15) is 0 Å². The number of hydrogen-bond acceptors (Lipinski definition) is 3. The van der Waals surface area contributed by atoms with Gasteiger partial charge in [-0.2, -0.15) is 0 Å². The Hall–Kier alpha value is -0.876. The molecule has 0 aromatic carbocycles. The zero-order valence-corrected chi connectivity index (χ0v) is 31.1. The van der Waals surface area contributed by atoms with Crippen LogP contribution < -0.4 is 0 Å². The van der Waals surface area contributed by atoms with Gasteiger partial charge in [-0.05, 0) is 92.5 Å². The van der Waals surface area contributed by atoms with Crippen molar-refractivity contribution in [3.63, 3.8) is 0 Å². The number of carboxylic acid groups (broad SMARTS) is 1. The Morgan fingerprint density at radius 1 is 0.925 bits per heavy atom. The lowest BCUT2D eigenvalue weighted by Gasteiger charge is -2.47. The molecule has 0 amide bonds. The molecular weight excluding hydrogens is 529 g/mol. The number of allylic oxidation sites excluding steroid dienone is 2. The molecule has 4 nitrogen and oxygen atoms in total. The molecule has 0 aromatic heterocycles. The van der Waals surface area contributed by atoms with Crippen molar-refractivity contribution in [2.75, 3.05) is 0 Å². The molecule has 0 spiro atoms. The normalized spacial score (nSPS) is 17.2. The molecule has 0 aromatic rings. The largest absolute Gasteiger partial charge is 0.481 e. The van der Waals surface area contributed by atoms with Crippen molar-refractivity contribution in [3.8, 4) is 12.3 Å². The molecule has 0 aliphatic rings. The molecule has 234 valence electrons. The molecule has 0 aliphatic carbocycles. The van der Waals surface area contributed by atoms with Crippen LogP contribution in [0.2, 0.25) is 36.3 Å². The first-order valence-corrected chi connectivity index (χ1v) is 21.4. The highest BCUT2D eigenvalue weighted by Crippen LogP contribution is 2.45. The van der Waals surface area contributed by atoms with Crippen molar-refractivity contribution < 1.29 is 18.8 Å². The smallest absolute Gasteiger partial charge is 0.305 e. The van der Waals surface area contributed by atoms with Crippen molar-refractivity contribution in [1.29, 1.82) is 0 Å². The predicted octanol–water partition coefficient (Wildman–Crippen LogP) is 10.5. The van der Waals surface area contributed by atoms with E-state index in [4.69, 9.17) is 15.3 Å². The fraction of sp³-hybridized carbons (Fsp3) is 0.853. The van der Waals surface area contributed by atoms with Gasteiger partial charge in [0.25, 0.3) is 0 Å². The molecular formula is C34H66O4Si2. The van der Waals surface area contributed by atoms with Gasteiger partial charge in [0, 0.05) is 6.42 Å². The zero-order valence-electron chi connectivity index (χ0n) is 29.1. The third-order valence-corrected chi connectivity index (χ3v) is 18.7. The Morgan fingerprint density at radius 2 is 1.43 bits per heavy atom. The lowest BCUT2D eigenvalue weighted by molar-refractivity contribution is -0.141. The standard InChI is InChI=1S/C34H66O4Si2/c1-17-18-19-21-26(2)22-20-23-27(3)31(38-40(15,16)33(8,9)10)28(4)25-34(11,12)29(24-30(35)36)37-39(13,14)32(5,6)7/h1,21,27-29,31H,18-20,22-25H2,2-16H3,(H,35,36)/b26-21-/t27-,28+,29-,31-/m0/s1. The lowest BCUT2D eigenvalue weighted by Crippen LogP contribution is -2.50. The number of rotatable bonds is 17. The first kappa shape index (κ1) is 39.1. The molecule has 0 saturated heterocycles. The van der Waals surface area contributed by atoms with E-state index in [2.05, 4.69) is 114 Å². The van der Waals surface area contributed by atoms with Crippen molar-refractivity contribution in [3.05, 3.63) is 11.6 Å². The van der Waals surface area contributed by atoms with E-state index in [0.29, 0.717) is 5.92 Å². The number of carbonyl (C=O) groups is 1. The van der Waals surface area contributed by atoms with Crippen LogP contribution in [0.3, 0.4) is 0 Å². The van der Waals surface area contributed by atoms with Gasteiger partial charge >= 0.3 is 5.97 Å². The molecule has 0 rings (SSSR count). The van der Waals surface area contributed by atoms with Gasteiger partial charge in [-0.1, -0.05) is 80.9 Å². The molecule has 0 radical (unpaired) electrons. The molecule has 4 atom stereocenters. The maximum absolute atomic E-state index is 12.0. The summed E-state index contributed by atoms with van der Waals surface area (Å²) in [7, 11) is -4.17. The highest BCUT2D eigenvalue weighted by atomic mass is 28.4. The van der Waals surface area contributed by atoms with Gasteiger partial charge in [0.05, 0.1) is 18.6 Å². The number of terminal acetylenes is 1. The summed E-state index contributed by atoms with van der Waals surface area (Å²) in [5.41, 5.74) is 1.11. The Morgan fingerprint density at radius 3 is 1.88 bits per heavy atom. The van der Waals surface area contributed by atoms with Crippen LogP contribution in [0, 0.1) is 29.6 Å². The molecule has 1 N–H and O–H groups in total. The fourth-order valence-corrected chi connectivity index (χ4v) is 7.89. The maximum Gasteiger partial charge on any atom is 0.305 e. The summed E-state index contributed by atoms with van der Waals surface area (Å²) >= 11 is 0. The average Bonchev–Trinajstić information content (AvgIpc) is 2.74. The van der Waals surface area contributed by atoms with Gasteiger partial charge < -0.3 is 14.0 Å². The molecule has 6 heteroatoms. The number of unbranched alkanes of at least 4 members (excludes halogenated alkanes) is 1. The molecule has 0 aliphatic heterocycles. The van der Waals surface area contributed by atoms with E-state index in [1.54, 1.807) is 0 Å². The van der Waals surface area contributed by atoms with Crippen LogP contribution in [-0.2, 0) is 13.6 Å². The van der Waals surface area contributed by atoms with E-state index in [1.807, 2.05) is 0 Å².